The number of carbonyl (C=O) groups excluding carboxylic acids is 1. The number of quaternary nitrogens is 1. The Morgan fingerprint density at radius 2 is 2.11 bits per heavy atom. The SMILES string of the molecule is CC[NH+](CC)CCCNc1ccc(Cl)c(C(=O)[O-])n1. The molecule has 0 aromatic carbocycles. The second-order valence-corrected chi connectivity index (χ2v) is 4.71. The summed E-state index contributed by atoms with van der Waals surface area (Å²) in [5.74, 6) is -0.848. The van der Waals surface area contributed by atoms with Crippen molar-refractivity contribution < 1.29 is 14.8 Å². The third-order valence-electron chi connectivity index (χ3n) is 3.05. The summed E-state index contributed by atoms with van der Waals surface area (Å²) in [7, 11) is 0. The number of carboxylic acid groups (broad SMARTS) is 1. The van der Waals surface area contributed by atoms with Gasteiger partial charge in [-0.15, -0.1) is 0 Å². The Kier molecular flexibility index (Phi) is 6.59. The minimum atomic E-state index is -1.36. The third kappa shape index (κ3) is 5.04. The maximum Gasteiger partial charge on any atom is 0.126 e. The highest BCUT2D eigenvalue weighted by Gasteiger charge is 2.05. The van der Waals surface area contributed by atoms with Gasteiger partial charge in [-0.3, -0.25) is 0 Å². The van der Waals surface area contributed by atoms with Crippen LogP contribution in [0.4, 0.5) is 5.82 Å². The summed E-state index contributed by atoms with van der Waals surface area (Å²) in [4.78, 5) is 16.2. The van der Waals surface area contributed by atoms with Crippen LogP contribution in [0.1, 0.15) is 30.8 Å². The fourth-order valence-corrected chi connectivity index (χ4v) is 2.02. The Balaban J connectivity index is 2.46. The predicted molar refractivity (Wildman–Crippen MR) is 73.6 cm³/mol. The van der Waals surface area contributed by atoms with Gasteiger partial charge < -0.3 is 20.1 Å². The molecule has 0 spiro atoms. The highest BCUT2D eigenvalue weighted by molar-refractivity contribution is 6.33. The van der Waals surface area contributed by atoms with Gasteiger partial charge in [-0.05, 0) is 26.0 Å². The average Bonchev–Trinajstić information content (AvgIpc) is 2.40. The van der Waals surface area contributed by atoms with Gasteiger partial charge in [-0.25, -0.2) is 4.98 Å². The fourth-order valence-electron chi connectivity index (χ4n) is 1.84. The topological polar surface area (TPSA) is 69.5 Å². The van der Waals surface area contributed by atoms with Crippen LogP contribution in [0.25, 0.3) is 0 Å². The highest BCUT2D eigenvalue weighted by atomic mass is 35.5. The minimum absolute atomic E-state index is 0.0955. The standard InChI is InChI=1S/C13H20ClN3O2/c1-3-17(4-2)9-5-8-15-11-7-6-10(14)12(16-11)13(18)19/h6-7H,3-5,8-9H2,1-2H3,(H,15,16)(H,18,19). The second kappa shape index (κ2) is 7.96. The van der Waals surface area contributed by atoms with Crippen molar-refractivity contribution in [2.24, 2.45) is 0 Å². The maximum atomic E-state index is 10.8. The number of hydrogen-bond acceptors (Lipinski definition) is 4. The van der Waals surface area contributed by atoms with E-state index in [1.54, 1.807) is 11.0 Å². The number of halogens is 1. The number of pyridine rings is 1. The van der Waals surface area contributed by atoms with Crippen molar-refractivity contribution in [1.29, 1.82) is 0 Å². The number of carboxylic acids is 1. The number of nitrogens with zero attached hydrogens (tertiary/aromatic N) is 1. The van der Waals surface area contributed by atoms with Crippen LogP contribution < -0.4 is 15.3 Å². The summed E-state index contributed by atoms with van der Waals surface area (Å²) in [6, 6.07) is 3.18. The number of hydrogen-bond donors (Lipinski definition) is 2. The average molecular weight is 286 g/mol. The van der Waals surface area contributed by atoms with Crippen LogP contribution in [-0.2, 0) is 0 Å². The molecule has 0 fully saturated rings. The smallest absolute Gasteiger partial charge is 0.126 e. The van der Waals surface area contributed by atoms with E-state index in [1.807, 2.05) is 0 Å². The van der Waals surface area contributed by atoms with Gasteiger partial charge in [-0.2, -0.15) is 0 Å². The van der Waals surface area contributed by atoms with Gasteiger partial charge in [0, 0.05) is 13.0 Å². The van der Waals surface area contributed by atoms with Crippen molar-refractivity contribution in [3.05, 3.63) is 22.8 Å². The molecule has 0 saturated carbocycles. The second-order valence-electron chi connectivity index (χ2n) is 4.30. The molecule has 0 saturated heterocycles. The Morgan fingerprint density at radius 1 is 1.42 bits per heavy atom. The number of nitrogens with one attached hydrogen (secondary N) is 2. The molecule has 1 heterocycles. The summed E-state index contributed by atoms with van der Waals surface area (Å²) < 4.78 is 0. The summed E-state index contributed by atoms with van der Waals surface area (Å²) in [5.41, 5.74) is -0.221. The van der Waals surface area contributed by atoms with E-state index < -0.39 is 5.97 Å². The summed E-state index contributed by atoms with van der Waals surface area (Å²) in [5, 5.41) is 14.0. The maximum absolute atomic E-state index is 10.8. The first-order chi connectivity index (χ1) is 9.08. The van der Waals surface area contributed by atoms with Crippen LogP contribution in [-0.4, -0.2) is 37.1 Å². The van der Waals surface area contributed by atoms with E-state index in [0.717, 1.165) is 32.6 Å². The van der Waals surface area contributed by atoms with E-state index in [0.29, 0.717) is 5.82 Å². The first-order valence-corrected chi connectivity index (χ1v) is 6.91. The number of anilines is 1. The molecule has 2 N–H and O–H groups in total. The van der Waals surface area contributed by atoms with Crippen molar-refractivity contribution in [2.45, 2.75) is 20.3 Å². The quantitative estimate of drug-likeness (QED) is 0.651. The molecular weight excluding hydrogens is 266 g/mol. The van der Waals surface area contributed by atoms with Crippen molar-refractivity contribution >= 4 is 23.4 Å². The summed E-state index contributed by atoms with van der Waals surface area (Å²) >= 11 is 5.72. The zero-order chi connectivity index (χ0) is 14.3. The molecule has 19 heavy (non-hydrogen) atoms. The Morgan fingerprint density at radius 3 is 2.68 bits per heavy atom. The molecule has 5 nitrogen and oxygen atoms in total. The summed E-state index contributed by atoms with van der Waals surface area (Å²) in [6.45, 7) is 8.40. The van der Waals surface area contributed by atoms with Crippen molar-refractivity contribution in [1.82, 2.24) is 4.98 Å². The van der Waals surface area contributed by atoms with Gasteiger partial charge in [-0.1, -0.05) is 11.6 Å². The number of aromatic carboxylic acids is 1. The lowest BCUT2D eigenvalue weighted by Gasteiger charge is -2.15. The van der Waals surface area contributed by atoms with Crippen LogP contribution in [0.3, 0.4) is 0 Å². The van der Waals surface area contributed by atoms with E-state index in [-0.39, 0.29) is 10.7 Å². The molecule has 0 atom stereocenters. The molecule has 1 rings (SSSR count). The van der Waals surface area contributed by atoms with E-state index in [1.165, 1.54) is 6.07 Å². The predicted octanol–water partition coefficient (Wildman–Crippen LogP) is -0.175. The van der Waals surface area contributed by atoms with Gasteiger partial charge in [0.2, 0.25) is 0 Å². The van der Waals surface area contributed by atoms with Crippen LogP contribution in [0.2, 0.25) is 5.02 Å². The lowest BCUT2D eigenvalue weighted by atomic mass is 10.3. The zero-order valence-electron chi connectivity index (χ0n) is 11.3. The zero-order valence-corrected chi connectivity index (χ0v) is 12.1. The summed E-state index contributed by atoms with van der Waals surface area (Å²) in [6.07, 6.45) is 1.00. The van der Waals surface area contributed by atoms with Gasteiger partial charge in [0.1, 0.15) is 11.5 Å². The molecule has 1 aromatic rings. The van der Waals surface area contributed by atoms with E-state index in [2.05, 4.69) is 24.1 Å². The Labute approximate surface area is 118 Å². The monoisotopic (exact) mass is 285 g/mol. The lowest BCUT2D eigenvalue weighted by Crippen LogP contribution is -3.11. The van der Waals surface area contributed by atoms with Crippen LogP contribution in [0, 0.1) is 0 Å². The molecule has 0 aliphatic rings. The van der Waals surface area contributed by atoms with Gasteiger partial charge in [0.25, 0.3) is 0 Å². The largest absolute Gasteiger partial charge is 0.543 e. The fraction of sp³-hybridized carbons (Fsp3) is 0.538. The van der Waals surface area contributed by atoms with Crippen LogP contribution in [0.15, 0.2) is 12.1 Å². The molecule has 0 aliphatic carbocycles. The number of carbonyl (C=O) groups is 1. The molecular formula is C13H20ClN3O2. The first kappa shape index (κ1) is 15.7. The van der Waals surface area contributed by atoms with Crippen molar-refractivity contribution in [2.75, 3.05) is 31.5 Å². The van der Waals surface area contributed by atoms with Crippen molar-refractivity contribution in [3.8, 4) is 0 Å². The van der Waals surface area contributed by atoms with E-state index in [4.69, 9.17) is 11.6 Å². The Bertz CT molecular complexity index is 422. The highest BCUT2D eigenvalue weighted by Crippen LogP contribution is 2.15. The molecule has 106 valence electrons. The molecule has 0 radical (unpaired) electrons. The van der Waals surface area contributed by atoms with Gasteiger partial charge in [0.05, 0.1) is 30.6 Å². The van der Waals surface area contributed by atoms with Gasteiger partial charge >= 0.3 is 0 Å². The van der Waals surface area contributed by atoms with Crippen molar-refractivity contribution in [3.63, 3.8) is 0 Å². The molecule has 0 amide bonds. The number of rotatable bonds is 8. The van der Waals surface area contributed by atoms with E-state index >= 15 is 0 Å². The Hall–Kier alpha value is -1.33. The third-order valence-corrected chi connectivity index (χ3v) is 3.36. The van der Waals surface area contributed by atoms with Crippen LogP contribution in [0.5, 0.6) is 0 Å². The van der Waals surface area contributed by atoms with Gasteiger partial charge in [0.15, 0.2) is 0 Å². The molecule has 0 bridgehead atoms. The molecule has 0 aliphatic heterocycles. The van der Waals surface area contributed by atoms with E-state index in [9.17, 15) is 9.90 Å². The van der Waals surface area contributed by atoms with Crippen LogP contribution >= 0.6 is 11.6 Å². The molecule has 6 heteroatoms. The molecule has 1 aromatic heterocycles. The number of aromatic nitrogens is 1. The first-order valence-electron chi connectivity index (χ1n) is 6.53. The molecule has 0 unspecified atom stereocenters. The lowest BCUT2D eigenvalue weighted by molar-refractivity contribution is -0.896. The normalized spacial score (nSPS) is 10.7. The minimum Gasteiger partial charge on any atom is -0.543 e.